The van der Waals surface area contributed by atoms with Gasteiger partial charge in [-0.05, 0) is 50.1 Å². The summed E-state index contributed by atoms with van der Waals surface area (Å²) < 4.78 is 1.59. The van der Waals surface area contributed by atoms with E-state index in [2.05, 4.69) is 21.5 Å². The van der Waals surface area contributed by atoms with Crippen LogP contribution >= 0.6 is 0 Å². The van der Waals surface area contributed by atoms with Crippen LogP contribution in [0.2, 0.25) is 0 Å². The van der Waals surface area contributed by atoms with E-state index in [1.54, 1.807) is 11.4 Å². The van der Waals surface area contributed by atoms with Gasteiger partial charge in [-0.25, -0.2) is 4.52 Å². The number of carbonyl (C=O) groups is 1. The summed E-state index contributed by atoms with van der Waals surface area (Å²) in [5, 5.41) is 9.79. The molecule has 0 radical (unpaired) electrons. The van der Waals surface area contributed by atoms with Crippen LogP contribution in [0.1, 0.15) is 45.8 Å². The first kappa shape index (κ1) is 21.6. The zero-order valence-corrected chi connectivity index (χ0v) is 19.6. The lowest BCUT2D eigenvalue weighted by molar-refractivity contribution is 0.0934. The SMILES string of the molecule is Cc1ccc([C@H](C)NC(=O)c2nn3c(C)c(-c4ccc5ccccc5c4)[nH]c(=O)c3c2C)cc1. The van der Waals surface area contributed by atoms with Gasteiger partial charge < -0.3 is 10.3 Å². The molecule has 2 heterocycles. The molecular weight excluding hydrogens is 424 g/mol. The van der Waals surface area contributed by atoms with Crippen molar-refractivity contribution in [2.75, 3.05) is 0 Å². The van der Waals surface area contributed by atoms with E-state index >= 15 is 0 Å². The Bertz CT molecular complexity index is 1610. The molecule has 170 valence electrons. The number of amides is 1. The van der Waals surface area contributed by atoms with Gasteiger partial charge in [0.2, 0.25) is 0 Å². The molecule has 0 fully saturated rings. The lowest BCUT2D eigenvalue weighted by atomic mass is 10.0. The largest absolute Gasteiger partial charge is 0.344 e. The van der Waals surface area contributed by atoms with Crippen LogP contribution in [0.4, 0.5) is 0 Å². The molecule has 1 amide bonds. The van der Waals surface area contributed by atoms with Gasteiger partial charge in [0.05, 0.1) is 17.4 Å². The molecular formula is C28H26N4O2. The highest BCUT2D eigenvalue weighted by Gasteiger charge is 2.22. The van der Waals surface area contributed by atoms with Crippen molar-refractivity contribution >= 4 is 22.2 Å². The van der Waals surface area contributed by atoms with Crippen LogP contribution in [0, 0.1) is 20.8 Å². The van der Waals surface area contributed by atoms with Gasteiger partial charge in [0.15, 0.2) is 5.69 Å². The fourth-order valence-corrected chi connectivity index (χ4v) is 4.42. The predicted octanol–water partition coefficient (Wildman–Crippen LogP) is 5.26. The van der Waals surface area contributed by atoms with Gasteiger partial charge in [0.25, 0.3) is 11.5 Å². The molecule has 0 aliphatic rings. The second-order valence-electron chi connectivity index (χ2n) is 8.82. The maximum absolute atomic E-state index is 13.1. The van der Waals surface area contributed by atoms with E-state index in [9.17, 15) is 9.59 Å². The highest BCUT2D eigenvalue weighted by molar-refractivity contribution is 5.96. The number of H-pyrrole nitrogens is 1. The summed E-state index contributed by atoms with van der Waals surface area (Å²) in [5.74, 6) is -0.305. The molecule has 3 aromatic carbocycles. The number of hydrogen-bond donors (Lipinski definition) is 2. The van der Waals surface area contributed by atoms with Crippen LogP contribution in [-0.4, -0.2) is 20.5 Å². The summed E-state index contributed by atoms with van der Waals surface area (Å²) in [4.78, 5) is 29.2. The van der Waals surface area contributed by atoms with Gasteiger partial charge >= 0.3 is 0 Å². The Morgan fingerprint density at radius 3 is 2.41 bits per heavy atom. The lowest BCUT2D eigenvalue weighted by Gasteiger charge is -2.14. The minimum absolute atomic E-state index is 0.190. The van der Waals surface area contributed by atoms with Gasteiger partial charge in [-0.15, -0.1) is 0 Å². The van der Waals surface area contributed by atoms with E-state index < -0.39 is 0 Å². The molecule has 0 saturated heterocycles. The maximum Gasteiger partial charge on any atom is 0.274 e. The van der Waals surface area contributed by atoms with Gasteiger partial charge in [-0.1, -0.05) is 66.2 Å². The Morgan fingerprint density at radius 1 is 0.971 bits per heavy atom. The molecule has 0 spiro atoms. The van der Waals surface area contributed by atoms with Crippen molar-refractivity contribution in [3.05, 3.63) is 105 Å². The fraction of sp³-hybridized carbons (Fsp3) is 0.179. The van der Waals surface area contributed by atoms with E-state index in [4.69, 9.17) is 0 Å². The zero-order valence-electron chi connectivity index (χ0n) is 19.6. The monoisotopic (exact) mass is 450 g/mol. The minimum Gasteiger partial charge on any atom is -0.344 e. The number of carbonyl (C=O) groups excluding carboxylic acids is 1. The van der Waals surface area contributed by atoms with Crippen LogP contribution in [-0.2, 0) is 0 Å². The number of nitrogens with zero attached hydrogens (tertiary/aromatic N) is 2. The normalized spacial score (nSPS) is 12.2. The zero-order chi connectivity index (χ0) is 24.0. The van der Waals surface area contributed by atoms with Crippen LogP contribution in [0.15, 0.2) is 71.5 Å². The molecule has 0 aliphatic heterocycles. The summed E-state index contributed by atoms with van der Waals surface area (Å²) in [7, 11) is 0. The van der Waals surface area contributed by atoms with Gasteiger partial charge in [0.1, 0.15) is 5.52 Å². The first-order valence-electron chi connectivity index (χ1n) is 11.3. The Kier molecular flexibility index (Phi) is 5.28. The molecule has 2 aromatic heterocycles. The lowest BCUT2D eigenvalue weighted by Crippen LogP contribution is -2.27. The quantitative estimate of drug-likeness (QED) is 0.392. The number of nitrogens with one attached hydrogen (secondary N) is 2. The van der Waals surface area contributed by atoms with E-state index in [-0.39, 0.29) is 23.2 Å². The van der Waals surface area contributed by atoms with Gasteiger partial charge in [-0.3, -0.25) is 9.59 Å². The third-order valence-electron chi connectivity index (χ3n) is 6.43. The van der Waals surface area contributed by atoms with Crippen molar-refractivity contribution in [1.29, 1.82) is 0 Å². The Labute approximate surface area is 197 Å². The van der Waals surface area contributed by atoms with Gasteiger partial charge in [0, 0.05) is 11.1 Å². The average Bonchev–Trinajstić information content (AvgIpc) is 3.19. The summed E-state index contributed by atoms with van der Waals surface area (Å²) in [5.41, 5.74) is 5.43. The molecule has 5 aromatic rings. The predicted molar refractivity (Wildman–Crippen MR) is 135 cm³/mol. The van der Waals surface area contributed by atoms with E-state index in [1.807, 2.05) is 81.4 Å². The Hall–Kier alpha value is -4.19. The summed E-state index contributed by atoms with van der Waals surface area (Å²) >= 11 is 0. The number of hydrogen-bond acceptors (Lipinski definition) is 3. The minimum atomic E-state index is -0.305. The molecule has 5 rings (SSSR count). The van der Waals surface area contributed by atoms with Crippen molar-refractivity contribution in [3.8, 4) is 11.3 Å². The number of fused-ring (bicyclic) bond motifs is 2. The van der Waals surface area contributed by atoms with E-state index in [1.165, 1.54) is 0 Å². The molecule has 0 unspecified atom stereocenters. The van der Waals surface area contributed by atoms with Crippen LogP contribution in [0.5, 0.6) is 0 Å². The molecule has 1 atom stereocenters. The molecule has 0 bridgehead atoms. The van der Waals surface area contributed by atoms with Crippen LogP contribution in [0.3, 0.4) is 0 Å². The molecule has 2 N–H and O–H groups in total. The summed E-state index contributed by atoms with van der Waals surface area (Å²) in [6, 6.07) is 22.0. The van der Waals surface area contributed by atoms with Crippen LogP contribution < -0.4 is 10.9 Å². The van der Waals surface area contributed by atoms with Crippen LogP contribution in [0.25, 0.3) is 27.5 Å². The number of rotatable bonds is 4. The molecule has 6 heteroatoms. The highest BCUT2D eigenvalue weighted by Crippen LogP contribution is 2.26. The molecule has 0 aliphatic carbocycles. The standard InChI is InChI=1S/C28H26N4O2/c1-16-9-11-20(12-10-16)18(3)29-27(33)24-17(2)26-28(34)30-25(19(4)32(26)31-24)23-14-13-21-7-5-6-8-22(21)15-23/h5-15,18H,1-4H3,(H,29,33)(H,30,34)/t18-/m0/s1. The van der Waals surface area contributed by atoms with E-state index in [0.717, 1.165) is 33.2 Å². The van der Waals surface area contributed by atoms with Crippen molar-refractivity contribution in [3.63, 3.8) is 0 Å². The van der Waals surface area contributed by atoms with Crippen molar-refractivity contribution in [1.82, 2.24) is 19.9 Å². The maximum atomic E-state index is 13.1. The molecule has 6 nitrogen and oxygen atoms in total. The number of aromatic nitrogens is 3. The van der Waals surface area contributed by atoms with Gasteiger partial charge in [-0.2, -0.15) is 5.10 Å². The summed E-state index contributed by atoms with van der Waals surface area (Å²) in [6.45, 7) is 7.62. The van der Waals surface area contributed by atoms with Crippen molar-refractivity contribution < 1.29 is 4.79 Å². The number of aromatic amines is 1. The summed E-state index contributed by atoms with van der Waals surface area (Å²) in [6.07, 6.45) is 0. The Morgan fingerprint density at radius 2 is 1.68 bits per heavy atom. The topological polar surface area (TPSA) is 79.3 Å². The van der Waals surface area contributed by atoms with Crippen molar-refractivity contribution in [2.45, 2.75) is 33.7 Å². The second-order valence-corrected chi connectivity index (χ2v) is 8.82. The third kappa shape index (κ3) is 3.67. The smallest absolute Gasteiger partial charge is 0.274 e. The number of aryl methyl sites for hydroxylation is 3. The first-order valence-corrected chi connectivity index (χ1v) is 11.3. The molecule has 0 saturated carbocycles. The average molecular weight is 451 g/mol. The van der Waals surface area contributed by atoms with E-state index in [0.29, 0.717) is 16.8 Å². The Balaban J connectivity index is 1.55. The number of benzene rings is 3. The molecule has 34 heavy (non-hydrogen) atoms. The highest BCUT2D eigenvalue weighted by atomic mass is 16.2. The fourth-order valence-electron chi connectivity index (χ4n) is 4.42. The third-order valence-corrected chi connectivity index (χ3v) is 6.43. The van der Waals surface area contributed by atoms with Crippen molar-refractivity contribution in [2.24, 2.45) is 0 Å². The second kappa shape index (κ2) is 8.30. The first-order chi connectivity index (χ1) is 16.3.